The van der Waals surface area contributed by atoms with Crippen molar-refractivity contribution in [2.45, 2.75) is 25.3 Å². The number of pyridine rings is 1. The number of nitrogens with zero attached hydrogens (tertiary/aromatic N) is 3. The van der Waals surface area contributed by atoms with Gasteiger partial charge in [-0.3, -0.25) is 9.59 Å². The third kappa shape index (κ3) is 5.84. The summed E-state index contributed by atoms with van der Waals surface area (Å²) in [4.78, 5) is 32.4. The third-order valence-electron chi connectivity index (χ3n) is 5.33. The van der Waals surface area contributed by atoms with E-state index in [-0.39, 0.29) is 17.9 Å². The number of aromatic nitrogens is 1. The van der Waals surface area contributed by atoms with E-state index in [1.165, 1.54) is 6.20 Å². The number of benzene rings is 1. The molecule has 2 aromatic rings. The molecule has 0 saturated carbocycles. The summed E-state index contributed by atoms with van der Waals surface area (Å²) in [7, 11) is 1.99. The quantitative estimate of drug-likeness (QED) is 0.675. The topological polar surface area (TPSA) is 91.6 Å². The lowest BCUT2D eigenvalue weighted by molar-refractivity contribution is -0.118. The second kappa shape index (κ2) is 10.1. The summed E-state index contributed by atoms with van der Waals surface area (Å²) >= 11 is 12.0. The SMILES string of the molecule is CN(c1ccc(Cl)cc1C(=O)Nc1ccc(Cl)cn1)C1CCN(CCC(N)=O)CC1. The molecule has 0 aliphatic carbocycles. The summed E-state index contributed by atoms with van der Waals surface area (Å²) in [5, 5.41) is 3.79. The molecule has 1 aromatic carbocycles. The van der Waals surface area contributed by atoms with Crippen molar-refractivity contribution in [3.05, 3.63) is 52.1 Å². The van der Waals surface area contributed by atoms with Gasteiger partial charge in [0.15, 0.2) is 0 Å². The maximum absolute atomic E-state index is 12.9. The van der Waals surface area contributed by atoms with Crippen LogP contribution >= 0.6 is 23.2 Å². The highest BCUT2D eigenvalue weighted by Crippen LogP contribution is 2.29. The van der Waals surface area contributed by atoms with Crippen LogP contribution in [0.15, 0.2) is 36.5 Å². The lowest BCUT2D eigenvalue weighted by atomic mass is 10.0. The first-order valence-electron chi connectivity index (χ1n) is 9.79. The van der Waals surface area contributed by atoms with Crippen LogP contribution in [0.2, 0.25) is 10.0 Å². The molecule has 9 heteroatoms. The molecule has 1 aliphatic heterocycles. The maximum atomic E-state index is 12.9. The molecule has 2 heterocycles. The van der Waals surface area contributed by atoms with E-state index >= 15 is 0 Å². The molecule has 1 fully saturated rings. The van der Waals surface area contributed by atoms with Crippen molar-refractivity contribution in [2.75, 3.05) is 36.9 Å². The normalized spacial score (nSPS) is 15.0. The minimum absolute atomic E-state index is 0.274. The third-order valence-corrected chi connectivity index (χ3v) is 5.79. The molecule has 0 spiro atoms. The lowest BCUT2D eigenvalue weighted by Gasteiger charge is -2.38. The summed E-state index contributed by atoms with van der Waals surface area (Å²) in [5.74, 6) is -0.143. The highest BCUT2D eigenvalue weighted by Gasteiger charge is 2.25. The molecule has 1 aromatic heterocycles. The van der Waals surface area contributed by atoms with Crippen molar-refractivity contribution < 1.29 is 9.59 Å². The number of carbonyl (C=O) groups excluding carboxylic acids is 2. The van der Waals surface area contributed by atoms with Crippen LogP contribution in [0, 0.1) is 0 Å². The van der Waals surface area contributed by atoms with Crippen molar-refractivity contribution in [2.24, 2.45) is 5.73 Å². The van der Waals surface area contributed by atoms with Gasteiger partial charge in [0.2, 0.25) is 5.91 Å². The number of halogens is 2. The number of primary amides is 1. The van der Waals surface area contributed by atoms with Gasteiger partial charge in [-0.1, -0.05) is 23.2 Å². The van der Waals surface area contributed by atoms with Crippen LogP contribution in [0.25, 0.3) is 0 Å². The van der Waals surface area contributed by atoms with E-state index in [0.717, 1.165) is 31.6 Å². The number of anilines is 2. The standard InChI is InChI=1S/C21H25Cl2N5O2/c1-27(16-6-9-28(10-7-16)11-8-19(24)29)18-4-2-14(22)12-17(18)21(30)26-20-5-3-15(23)13-25-20/h2-5,12-13,16H,6-11H2,1H3,(H2,24,29)(H,25,26,30). The van der Waals surface area contributed by atoms with Crippen molar-refractivity contribution in [1.29, 1.82) is 0 Å². The summed E-state index contributed by atoms with van der Waals surface area (Å²) in [6.07, 6.45) is 3.71. The van der Waals surface area contributed by atoms with E-state index in [1.807, 2.05) is 13.1 Å². The Hall–Kier alpha value is -2.35. The van der Waals surface area contributed by atoms with Crippen LogP contribution in [-0.4, -0.2) is 54.4 Å². The van der Waals surface area contributed by atoms with E-state index in [0.29, 0.717) is 34.4 Å². The van der Waals surface area contributed by atoms with Crippen LogP contribution in [-0.2, 0) is 4.79 Å². The molecule has 3 rings (SSSR count). The van der Waals surface area contributed by atoms with E-state index in [1.54, 1.807) is 24.3 Å². The lowest BCUT2D eigenvalue weighted by Crippen LogP contribution is -2.44. The van der Waals surface area contributed by atoms with Crippen LogP contribution in [0.3, 0.4) is 0 Å². The van der Waals surface area contributed by atoms with Crippen molar-refractivity contribution in [3.63, 3.8) is 0 Å². The Kier molecular flexibility index (Phi) is 7.53. The minimum atomic E-state index is -0.284. The van der Waals surface area contributed by atoms with Gasteiger partial charge >= 0.3 is 0 Å². The van der Waals surface area contributed by atoms with Gasteiger partial charge < -0.3 is 20.9 Å². The second-order valence-electron chi connectivity index (χ2n) is 7.38. The van der Waals surface area contributed by atoms with Crippen LogP contribution in [0.4, 0.5) is 11.5 Å². The zero-order valence-corrected chi connectivity index (χ0v) is 18.3. The van der Waals surface area contributed by atoms with Crippen molar-refractivity contribution in [1.82, 2.24) is 9.88 Å². The number of rotatable bonds is 7. The summed E-state index contributed by atoms with van der Waals surface area (Å²) in [6.45, 7) is 2.45. The summed E-state index contributed by atoms with van der Waals surface area (Å²) in [5.41, 5.74) is 6.54. The number of nitrogens with two attached hydrogens (primary N) is 1. The van der Waals surface area contributed by atoms with E-state index < -0.39 is 0 Å². The summed E-state index contributed by atoms with van der Waals surface area (Å²) < 4.78 is 0. The fraction of sp³-hybridized carbons (Fsp3) is 0.381. The Bertz CT molecular complexity index is 899. The van der Waals surface area contributed by atoms with Gasteiger partial charge in [-0.2, -0.15) is 0 Å². The molecule has 0 radical (unpaired) electrons. The highest BCUT2D eigenvalue weighted by molar-refractivity contribution is 6.31. The number of nitrogens with one attached hydrogen (secondary N) is 1. The fourth-order valence-corrected chi connectivity index (χ4v) is 3.91. The molecule has 0 atom stereocenters. The molecule has 1 saturated heterocycles. The predicted molar refractivity (Wildman–Crippen MR) is 120 cm³/mol. The average Bonchev–Trinajstić information content (AvgIpc) is 2.73. The molecule has 0 bridgehead atoms. The Morgan fingerprint density at radius 2 is 1.90 bits per heavy atom. The number of hydrogen-bond acceptors (Lipinski definition) is 5. The monoisotopic (exact) mass is 449 g/mol. The predicted octanol–water partition coefficient (Wildman–Crippen LogP) is 3.42. The van der Waals surface area contributed by atoms with Crippen LogP contribution in [0.5, 0.6) is 0 Å². The average molecular weight is 450 g/mol. The first-order valence-corrected chi connectivity index (χ1v) is 10.5. The van der Waals surface area contributed by atoms with Crippen molar-refractivity contribution >= 4 is 46.5 Å². The molecule has 7 nitrogen and oxygen atoms in total. The van der Waals surface area contributed by atoms with E-state index in [2.05, 4.69) is 20.1 Å². The van der Waals surface area contributed by atoms with Crippen LogP contribution < -0.4 is 16.0 Å². The molecular weight excluding hydrogens is 425 g/mol. The van der Waals surface area contributed by atoms with Gasteiger partial charge in [-0.25, -0.2) is 4.98 Å². The molecule has 30 heavy (non-hydrogen) atoms. The first-order chi connectivity index (χ1) is 14.3. The number of piperidine rings is 1. The maximum Gasteiger partial charge on any atom is 0.258 e. The van der Waals surface area contributed by atoms with E-state index in [9.17, 15) is 9.59 Å². The number of likely N-dealkylation sites (tertiary alicyclic amines) is 1. The molecule has 0 unspecified atom stereocenters. The van der Waals surface area contributed by atoms with Gasteiger partial charge in [-0.05, 0) is 43.2 Å². The zero-order chi connectivity index (χ0) is 21.7. The van der Waals surface area contributed by atoms with E-state index in [4.69, 9.17) is 28.9 Å². The van der Waals surface area contributed by atoms with Gasteiger partial charge in [0.25, 0.3) is 5.91 Å². The first kappa shape index (κ1) is 22.3. The molecule has 160 valence electrons. The number of carbonyl (C=O) groups is 2. The second-order valence-corrected chi connectivity index (χ2v) is 8.25. The van der Waals surface area contributed by atoms with Gasteiger partial charge in [0, 0.05) is 56.1 Å². The zero-order valence-electron chi connectivity index (χ0n) is 16.8. The number of amides is 2. The fourth-order valence-electron chi connectivity index (χ4n) is 3.63. The Morgan fingerprint density at radius 3 is 2.53 bits per heavy atom. The Balaban J connectivity index is 1.70. The van der Waals surface area contributed by atoms with Gasteiger partial charge in [0.05, 0.1) is 10.6 Å². The molecule has 3 N–H and O–H groups in total. The number of hydrogen-bond donors (Lipinski definition) is 2. The summed E-state index contributed by atoms with van der Waals surface area (Å²) in [6, 6.07) is 8.91. The molecule has 1 aliphatic rings. The highest BCUT2D eigenvalue weighted by atomic mass is 35.5. The van der Waals surface area contributed by atoms with Crippen molar-refractivity contribution in [3.8, 4) is 0 Å². The minimum Gasteiger partial charge on any atom is -0.371 e. The Labute approximate surface area is 186 Å². The molecule has 2 amide bonds. The largest absolute Gasteiger partial charge is 0.371 e. The molecular formula is C21H25Cl2N5O2. The van der Waals surface area contributed by atoms with Gasteiger partial charge in [-0.15, -0.1) is 0 Å². The van der Waals surface area contributed by atoms with Crippen LogP contribution in [0.1, 0.15) is 29.6 Å². The Morgan fingerprint density at radius 1 is 1.20 bits per heavy atom. The smallest absolute Gasteiger partial charge is 0.258 e. The van der Waals surface area contributed by atoms with Gasteiger partial charge in [0.1, 0.15) is 5.82 Å².